The predicted octanol–water partition coefficient (Wildman–Crippen LogP) is 3.65. The van der Waals surface area contributed by atoms with Crippen LogP contribution in [0.25, 0.3) is 0 Å². The summed E-state index contributed by atoms with van der Waals surface area (Å²) in [6, 6.07) is 0. The van der Waals surface area contributed by atoms with Gasteiger partial charge in [-0.05, 0) is 49.9 Å². The third-order valence-corrected chi connectivity index (χ3v) is 7.10. The van der Waals surface area contributed by atoms with Crippen molar-refractivity contribution >= 4 is 5.78 Å². The van der Waals surface area contributed by atoms with Crippen molar-refractivity contribution in [2.75, 3.05) is 19.6 Å². The minimum atomic E-state index is 0.402. The molecule has 3 rings (SSSR count). The average Bonchev–Trinajstić information content (AvgIpc) is 2.58. The van der Waals surface area contributed by atoms with Crippen LogP contribution in [-0.2, 0) is 4.79 Å². The van der Waals surface area contributed by atoms with E-state index in [4.69, 9.17) is 0 Å². The van der Waals surface area contributed by atoms with Crippen LogP contribution in [0.4, 0.5) is 0 Å². The summed E-state index contributed by atoms with van der Waals surface area (Å²) in [7, 11) is 0. The van der Waals surface area contributed by atoms with Crippen LogP contribution in [0.15, 0.2) is 0 Å². The summed E-state index contributed by atoms with van der Waals surface area (Å²) in [6.07, 6.45) is 16.5. The Morgan fingerprint density at radius 1 is 0.826 bits per heavy atom. The number of quaternary nitrogens is 1. The molecule has 23 heavy (non-hydrogen) atoms. The molecular formula is C21H38NO+. The maximum Gasteiger partial charge on any atom is 0.189 e. The maximum absolute atomic E-state index is 12.6. The molecule has 0 aromatic carbocycles. The van der Waals surface area contributed by atoms with Gasteiger partial charge in [0.25, 0.3) is 0 Å². The van der Waals surface area contributed by atoms with Crippen molar-refractivity contribution in [1.29, 1.82) is 0 Å². The number of hydrogen-bond donors (Lipinski definition) is 1. The summed E-state index contributed by atoms with van der Waals surface area (Å²) in [4.78, 5) is 14.1. The molecular weight excluding hydrogens is 282 g/mol. The summed E-state index contributed by atoms with van der Waals surface area (Å²) < 4.78 is 0. The van der Waals surface area contributed by atoms with Crippen molar-refractivity contribution in [2.45, 2.75) is 84.0 Å². The fraction of sp³-hybridized carbons (Fsp3) is 0.952. The molecule has 0 bridgehead atoms. The lowest BCUT2D eigenvalue weighted by Gasteiger charge is -2.33. The Kier molecular flexibility index (Phi) is 6.56. The van der Waals surface area contributed by atoms with E-state index < -0.39 is 0 Å². The highest BCUT2D eigenvalue weighted by molar-refractivity contribution is 5.81. The van der Waals surface area contributed by atoms with Crippen LogP contribution >= 0.6 is 0 Å². The monoisotopic (exact) mass is 320 g/mol. The minimum Gasteiger partial charge on any atom is -0.329 e. The fourth-order valence-electron chi connectivity index (χ4n) is 5.37. The lowest BCUT2D eigenvalue weighted by atomic mass is 9.79. The van der Waals surface area contributed by atoms with E-state index in [0.29, 0.717) is 11.7 Å². The van der Waals surface area contributed by atoms with Gasteiger partial charge >= 0.3 is 0 Å². The van der Waals surface area contributed by atoms with Gasteiger partial charge in [-0.15, -0.1) is 0 Å². The summed E-state index contributed by atoms with van der Waals surface area (Å²) >= 11 is 0. The van der Waals surface area contributed by atoms with Gasteiger partial charge < -0.3 is 4.90 Å². The average molecular weight is 321 g/mol. The molecule has 2 heteroatoms. The normalized spacial score (nSPS) is 36.7. The number of carbonyl (C=O) groups excluding carboxylic acids is 1. The standard InChI is InChI=1S/C21H37NO/c1-17-7-9-20(10-8-17)21(23)16-22-13-11-19(12-14-22)15-18-5-3-2-4-6-18/h17-20H,2-16H2,1H3/p+1. The zero-order valence-electron chi connectivity index (χ0n) is 15.3. The molecule has 0 atom stereocenters. The van der Waals surface area contributed by atoms with E-state index >= 15 is 0 Å². The smallest absolute Gasteiger partial charge is 0.189 e. The van der Waals surface area contributed by atoms with E-state index in [9.17, 15) is 4.79 Å². The third kappa shape index (κ3) is 5.31. The summed E-state index contributed by atoms with van der Waals surface area (Å²) in [6.45, 7) is 5.68. The number of rotatable bonds is 5. The summed E-state index contributed by atoms with van der Waals surface area (Å²) in [5.41, 5.74) is 0. The number of Topliss-reactive ketones (excluding diaryl/α,β-unsaturated/α-hetero) is 1. The van der Waals surface area contributed by atoms with E-state index in [0.717, 1.165) is 37.1 Å². The first-order valence-electron chi connectivity index (χ1n) is 10.6. The Bertz CT molecular complexity index is 358. The number of hydrogen-bond acceptors (Lipinski definition) is 1. The molecule has 2 aliphatic carbocycles. The van der Waals surface area contributed by atoms with Crippen LogP contribution in [0.3, 0.4) is 0 Å². The summed E-state index contributed by atoms with van der Waals surface area (Å²) in [5, 5.41) is 0. The predicted molar refractivity (Wildman–Crippen MR) is 95.6 cm³/mol. The molecule has 0 aromatic rings. The lowest BCUT2D eigenvalue weighted by molar-refractivity contribution is -0.898. The zero-order valence-corrected chi connectivity index (χ0v) is 15.3. The SMILES string of the molecule is CC1CCC(C(=O)C[NH+]2CCC(CC3CCCCC3)CC2)CC1. The lowest BCUT2D eigenvalue weighted by Crippen LogP contribution is -3.14. The van der Waals surface area contributed by atoms with Gasteiger partial charge in [-0.2, -0.15) is 0 Å². The first-order chi connectivity index (χ1) is 11.2. The van der Waals surface area contributed by atoms with E-state index in [1.54, 1.807) is 4.90 Å². The summed E-state index contributed by atoms with van der Waals surface area (Å²) in [5.74, 6) is 3.83. The Balaban J connectivity index is 1.34. The maximum atomic E-state index is 12.6. The van der Waals surface area contributed by atoms with Gasteiger partial charge in [0.15, 0.2) is 5.78 Å². The van der Waals surface area contributed by atoms with Crippen molar-refractivity contribution in [3.05, 3.63) is 0 Å². The molecule has 0 amide bonds. The quantitative estimate of drug-likeness (QED) is 0.820. The number of carbonyl (C=O) groups is 1. The Morgan fingerprint density at radius 3 is 2.09 bits per heavy atom. The largest absolute Gasteiger partial charge is 0.329 e. The second kappa shape index (κ2) is 8.65. The minimum absolute atomic E-state index is 0.402. The molecule has 0 unspecified atom stereocenters. The van der Waals surface area contributed by atoms with Crippen molar-refractivity contribution in [3.8, 4) is 0 Å². The molecule has 0 spiro atoms. The number of ketones is 1. The molecule has 2 nitrogen and oxygen atoms in total. The highest BCUT2D eigenvalue weighted by Crippen LogP contribution is 2.31. The van der Waals surface area contributed by atoms with Gasteiger partial charge in [0.1, 0.15) is 6.54 Å². The van der Waals surface area contributed by atoms with Gasteiger partial charge in [0.2, 0.25) is 0 Å². The molecule has 1 aliphatic heterocycles. The number of piperidine rings is 1. The zero-order chi connectivity index (χ0) is 16.1. The fourth-order valence-corrected chi connectivity index (χ4v) is 5.37. The van der Waals surface area contributed by atoms with Crippen LogP contribution in [0.5, 0.6) is 0 Å². The van der Waals surface area contributed by atoms with E-state index in [-0.39, 0.29) is 0 Å². The third-order valence-electron chi connectivity index (χ3n) is 7.10. The Morgan fingerprint density at radius 2 is 1.43 bits per heavy atom. The first kappa shape index (κ1) is 17.5. The van der Waals surface area contributed by atoms with E-state index in [2.05, 4.69) is 6.92 Å². The molecule has 3 aliphatic rings. The van der Waals surface area contributed by atoms with Crippen molar-refractivity contribution in [3.63, 3.8) is 0 Å². The van der Waals surface area contributed by atoms with Gasteiger partial charge in [-0.3, -0.25) is 4.79 Å². The molecule has 1 heterocycles. The molecule has 1 N–H and O–H groups in total. The molecule has 0 aromatic heterocycles. The van der Waals surface area contributed by atoms with Crippen molar-refractivity contribution in [1.82, 2.24) is 0 Å². The van der Waals surface area contributed by atoms with Crippen LogP contribution < -0.4 is 4.90 Å². The Labute approximate surface area is 143 Å². The topological polar surface area (TPSA) is 21.5 Å². The second-order valence-corrected chi connectivity index (χ2v) is 9.03. The molecule has 0 radical (unpaired) electrons. The number of nitrogens with one attached hydrogen (secondary N) is 1. The van der Waals surface area contributed by atoms with Gasteiger partial charge in [-0.1, -0.05) is 51.9 Å². The Hall–Kier alpha value is -0.370. The molecule has 132 valence electrons. The van der Waals surface area contributed by atoms with Crippen LogP contribution in [0.2, 0.25) is 0 Å². The van der Waals surface area contributed by atoms with Crippen molar-refractivity contribution in [2.24, 2.45) is 23.7 Å². The molecule has 3 fully saturated rings. The van der Waals surface area contributed by atoms with Crippen LogP contribution in [0, 0.1) is 23.7 Å². The van der Waals surface area contributed by atoms with Crippen LogP contribution in [-0.4, -0.2) is 25.4 Å². The van der Waals surface area contributed by atoms with Gasteiger partial charge in [0, 0.05) is 5.92 Å². The molecule has 1 saturated heterocycles. The van der Waals surface area contributed by atoms with Gasteiger partial charge in [-0.25, -0.2) is 0 Å². The first-order valence-corrected chi connectivity index (χ1v) is 10.6. The van der Waals surface area contributed by atoms with Crippen molar-refractivity contribution < 1.29 is 9.69 Å². The van der Waals surface area contributed by atoms with Crippen LogP contribution in [0.1, 0.15) is 84.0 Å². The number of likely N-dealkylation sites (tertiary alicyclic amines) is 1. The second-order valence-electron chi connectivity index (χ2n) is 9.03. The van der Waals surface area contributed by atoms with E-state index in [1.807, 2.05) is 0 Å². The highest BCUT2D eigenvalue weighted by atomic mass is 16.1. The highest BCUT2D eigenvalue weighted by Gasteiger charge is 2.30. The molecule has 2 saturated carbocycles. The van der Waals surface area contributed by atoms with Gasteiger partial charge in [0.05, 0.1) is 13.1 Å². The van der Waals surface area contributed by atoms with E-state index in [1.165, 1.54) is 77.3 Å².